The van der Waals surface area contributed by atoms with Crippen LogP contribution in [-0.2, 0) is 4.79 Å². The van der Waals surface area contributed by atoms with Crippen LogP contribution in [0.25, 0.3) is 0 Å². The molecule has 0 aromatic heterocycles. The van der Waals surface area contributed by atoms with Crippen LogP contribution < -0.4 is 10.6 Å². The van der Waals surface area contributed by atoms with Crippen LogP contribution in [-0.4, -0.2) is 19.0 Å². The first kappa shape index (κ1) is 13.1. The van der Waals surface area contributed by atoms with E-state index in [1.54, 1.807) is 18.2 Å². The minimum absolute atomic E-state index is 0.0290. The molecule has 1 heterocycles. The van der Waals surface area contributed by atoms with Crippen molar-refractivity contribution in [2.75, 3.05) is 18.4 Å². The zero-order valence-electron chi connectivity index (χ0n) is 9.87. The second-order valence-corrected chi connectivity index (χ2v) is 5.19. The molecule has 0 spiro atoms. The molecule has 1 saturated heterocycles. The molecule has 1 atom stereocenters. The molecule has 0 saturated carbocycles. The van der Waals surface area contributed by atoms with Crippen LogP contribution in [0.2, 0.25) is 0 Å². The number of carbonyl (C=O) groups is 1. The number of nitrogens with zero attached hydrogens (tertiary/aromatic N) is 1. The Bertz CT molecular complexity index is 489. The number of amides is 1. The maximum atomic E-state index is 12.0. The smallest absolute Gasteiger partial charge is 0.228 e. The van der Waals surface area contributed by atoms with Gasteiger partial charge in [-0.2, -0.15) is 5.26 Å². The number of rotatable bonds is 2. The van der Waals surface area contributed by atoms with E-state index in [0.29, 0.717) is 11.3 Å². The van der Waals surface area contributed by atoms with Crippen LogP contribution in [0.5, 0.6) is 0 Å². The van der Waals surface area contributed by atoms with Crippen molar-refractivity contribution >= 4 is 27.5 Å². The summed E-state index contributed by atoms with van der Waals surface area (Å²) in [6, 6.07) is 7.20. The summed E-state index contributed by atoms with van der Waals surface area (Å²) in [7, 11) is 0. The van der Waals surface area contributed by atoms with E-state index in [1.165, 1.54) is 0 Å². The molecular formula is C13H14BrN3O. The third-order valence-electron chi connectivity index (χ3n) is 3.02. The van der Waals surface area contributed by atoms with Crippen LogP contribution in [0.3, 0.4) is 0 Å². The van der Waals surface area contributed by atoms with Gasteiger partial charge in [-0.25, -0.2) is 0 Å². The Labute approximate surface area is 115 Å². The van der Waals surface area contributed by atoms with E-state index in [-0.39, 0.29) is 11.8 Å². The molecule has 2 rings (SSSR count). The molecule has 1 aliphatic rings. The third-order valence-corrected chi connectivity index (χ3v) is 3.68. The normalized spacial score (nSPS) is 19.0. The molecule has 0 aliphatic carbocycles. The number of hydrogen-bond donors (Lipinski definition) is 2. The van der Waals surface area contributed by atoms with E-state index in [2.05, 4.69) is 32.6 Å². The molecule has 0 radical (unpaired) electrons. The van der Waals surface area contributed by atoms with Crippen LogP contribution in [0.1, 0.15) is 18.4 Å². The van der Waals surface area contributed by atoms with Gasteiger partial charge in [0.2, 0.25) is 5.91 Å². The predicted octanol–water partition coefficient (Wildman–Crippen LogP) is 2.26. The fourth-order valence-corrected chi connectivity index (χ4v) is 2.47. The van der Waals surface area contributed by atoms with Crippen molar-refractivity contribution < 1.29 is 4.79 Å². The Hall–Kier alpha value is -1.38. The fourth-order valence-electron chi connectivity index (χ4n) is 2.00. The van der Waals surface area contributed by atoms with E-state index in [1.807, 2.05) is 0 Å². The van der Waals surface area contributed by atoms with Crippen LogP contribution in [0.15, 0.2) is 22.7 Å². The Balaban J connectivity index is 2.04. The molecule has 5 heteroatoms. The third kappa shape index (κ3) is 3.09. The quantitative estimate of drug-likeness (QED) is 0.881. The topological polar surface area (TPSA) is 64.9 Å². The second-order valence-electron chi connectivity index (χ2n) is 4.34. The number of anilines is 1. The second kappa shape index (κ2) is 5.98. The van der Waals surface area contributed by atoms with Crippen molar-refractivity contribution in [3.05, 3.63) is 28.2 Å². The zero-order valence-corrected chi connectivity index (χ0v) is 11.5. The van der Waals surface area contributed by atoms with E-state index in [4.69, 9.17) is 5.26 Å². The average Bonchev–Trinajstić information content (AvgIpc) is 2.42. The van der Waals surface area contributed by atoms with Crippen molar-refractivity contribution in [3.8, 4) is 6.07 Å². The minimum Gasteiger partial charge on any atom is -0.325 e. The summed E-state index contributed by atoms with van der Waals surface area (Å²) in [5, 5.41) is 14.9. The highest BCUT2D eigenvalue weighted by molar-refractivity contribution is 9.10. The van der Waals surface area contributed by atoms with Crippen LogP contribution >= 0.6 is 15.9 Å². The number of halogens is 1. The summed E-state index contributed by atoms with van der Waals surface area (Å²) in [6.07, 6.45) is 1.96. The summed E-state index contributed by atoms with van der Waals surface area (Å²) in [6.45, 7) is 1.73. The average molecular weight is 308 g/mol. The van der Waals surface area contributed by atoms with Gasteiger partial charge in [0.15, 0.2) is 0 Å². The highest BCUT2D eigenvalue weighted by Crippen LogP contribution is 2.24. The van der Waals surface area contributed by atoms with Gasteiger partial charge in [-0.15, -0.1) is 0 Å². The molecule has 1 amide bonds. The summed E-state index contributed by atoms with van der Waals surface area (Å²) in [5.74, 6) is 0.0638. The van der Waals surface area contributed by atoms with Gasteiger partial charge in [0.1, 0.15) is 0 Å². The molecule has 1 aromatic rings. The first-order valence-electron chi connectivity index (χ1n) is 5.92. The van der Waals surface area contributed by atoms with Gasteiger partial charge in [0.25, 0.3) is 0 Å². The highest BCUT2D eigenvalue weighted by atomic mass is 79.9. The lowest BCUT2D eigenvalue weighted by molar-refractivity contribution is -0.120. The summed E-state index contributed by atoms with van der Waals surface area (Å²) < 4.78 is 0.735. The van der Waals surface area contributed by atoms with E-state index in [9.17, 15) is 4.79 Å². The lowest BCUT2D eigenvalue weighted by atomic mass is 9.99. The molecule has 94 valence electrons. The fraction of sp³-hybridized carbons (Fsp3) is 0.385. The summed E-state index contributed by atoms with van der Waals surface area (Å²) in [4.78, 5) is 12.0. The Morgan fingerprint density at radius 3 is 3.00 bits per heavy atom. The lowest BCUT2D eigenvalue weighted by Gasteiger charge is -2.22. The number of carbonyl (C=O) groups excluding carboxylic acids is 1. The van der Waals surface area contributed by atoms with Gasteiger partial charge in [-0.1, -0.05) is 0 Å². The molecule has 4 nitrogen and oxygen atoms in total. The largest absolute Gasteiger partial charge is 0.325 e. The number of piperidine rings is 1. The van der Waals surface area contributed by atoms with Crippen molar-refractivity contribution in [2.45, 2.75) is 12.8 Å². The highest BCUT2D eigenvalue weighted by Gasteiger charge is 2.21. The Morgan fingerprint density at radius 1 is 1.56 bits per heavy atom. The van der Waals surface area contributed by atoms with Gasteiger partial charge in [-0.05, 0) is 53.5 Å². The number of nitriles is 1. The molecule has 1 fully saturated rings. The maximum Gasteiger partial charge on any atom is 0.228 e. The van der Waals surface area contributed by atoms with E-state index < -0.39 is 0 Å². The monoisotopic (exact) mass is 307 g/mol. The van der Waals surface area contributed by atoms with Gasteiger partial charge in [0.05, 0.1) is 23.2 Å². The van der Waals surface area contributed by atoms with Gasteiger partial charge in [-0.3, -0.25) is 4.79 Å². The predicted molar refractivity (Wildman–Crippen MR) is 73.1 cm³/mol. The first-order valence-corrected chi connectivity index (χ1v) is 6.71. The van der Waals surface area contributed by atoms with Crippen molar-refractivity contribution in [1.29, 1.82) is 5.26 Å². The van der Waals surface area contributed by atoms with Gasteiger partial charge < -0.3 is 10.6 Å². The van der Waals surface area contributed by atoms with Crippen molar-refractivity contribution in [3.63, 3.8) is 0 Å². The first-order chi connectivity index (χ1) is 8.70. The number of hydrogen-bond acceptors (Lipinski definition) is 3. The molecule has 1 unspecified atom stereocenters. The van der Waals surface area contributed by atoms with Crippen molar-refractivity contribution in [2.24, 2.45) is 5.92 Å². The Morgan fingerprint density at radius 2 is 2.39 bits per heavy atom. The summed E-state index contributed by atoms with van der Waals surface area (Å²) >= 11 is 3.36. The van der Waals surface area contributed by atoms with E-state index >= 15 is 0 Å². The number of benzene rings is 1. The van der Waals surface area contributed by atoms with E-state index in [0.717, 1.165) is 30.4 Å². The minimum atomic E-state index is 0.0290. The Kier molecular flexibility index (Phi) is 4.34. The van der Waals surface area contributed by atoms with Gasteiger partial charge in [0, 0.05) is 11.0 Å². The molecule has 2 N–H and O–H groups in total. The lowest BCUT2D eigenvalue weighted by Crippen LogP contribution is -2.37. The molecule has 0 bridgehead atoms. The van der Waals surface area contributed by atoms with Crippen molar-refractivity contribution in [1.82, 2.24) is 5.32 Å². The van der Waals surface area contributed by atoms with Crippen LogP contribution in [0, 0.1) is 17.2 Å². The molecular weight excluding hydrogens is 294 g/mol. The molecule has 1 aromatic carbocycles. The van der Waals surface area contributed by atoms with Gasteiger partial charge >= 0.3 is 0 Å². The molecule has 1 aliphatic heterocycles. The van der Waals surface area contributed by atoms with Crippen LogP contribution in [0.4, 0.5) is 5.69 Å². The SMILES string of the molecule is N#Cc1ccc(NC(=O)C2CCCNC2)c(Br)c1. The summed E-state index contributed by atoms with van der Waals surface area (Å²) in [5.41, 5.74) is 1.28. The standard InChI is InChI=1S/C13H14BrN3O/c14-11-6-9(7-15)3-4-12(11)17-13(18)10-2-1-5-16-8-10/h3-4,6,10,16H,1-2,5,8H2,(H,17,18). The zero-order chi connectivity index (χ0) is 13.0. The maximum absolute atomic E-state index is 12.0. The number of nitrogens with one attached hydrogen (secondary N) is 2. The molecule has 18 heavy (non-hydrogen) atoms.